The van der Waals surface area contributed by atoms with Crippen LogP contribution in [0.3, 0.4) is 0 Å². The van der Waals surface area contributed by atoms with E-state index < -0.39 is 0 Å². The fourth-order valence-electron chi connectivity index (χ4n) is 1.52. The second kappa shape index (κ2) is 4.07. The lowest BCUT2D eigenvalue weighted by atomic mass is 10.2. The third-order valence-electron chi connectivity index (χ3n) is 2.75. The van der Waals surface area contributed by atoms with Gasteiger partial charge in [0.25, 0.3) is 0 Å². The van der Waals surface area contributed by atoms with E-state index in [4.69, 9.17) is 0 Å². The molecule has 2 nitrogen and oxygen atoms in total. The highest BCUT2D eigenvalue weighted by Crippen LogP contribution is 2.06. The van der Waals surface area contributed by atoms with Crippen LogP contribution in [0.4, 0.5) is 0 Å². The molecule has 0 aromatic carbocycles. The fraction of sp³-hybridized carbons (Fsp3) is 1.00. The lowest BCUT2D eigenvalue weighted by Crippen LogP contribution is -2.47. The smallest absolute Gasteiger partial charge is 0.0113 e. The Morgan fingerprint density at radius 2 is 1.73 bits per heavy atom. The summed E-state index contributed by atoms with van der Waals surface area (Å²) in [4.78, 5) is 4.98. The van der Waals surface area contributed by atoms with Crippen LogP contribution in [0.15, 0.2) is 0 Å². The van der Waals surface area contributed by atoms with Crippen LogP contribution in [0, 0.1) is 0 Å². The van der Waals surface area contributed by atoms with Crippen molar-refractivity contribution in [3.63, 3.8) is 0 Å². The van der Waals surface area contributed by atoms with Gasteiger partial charge in [-0.15, -0.1) is 0 Å². The van der Waals surface area contributed by atoms with Crippen LogP contribution < -0.4 is 0 Å². The molecule has 1 rings (SSSR count). The van der Waals surface area contributed by atoms with Gasteiger partial charge in [-0.1, -0.05) is 6.92 Å². The summed E-state index contributed by atoms with van der Waals surface area (Å²) in [5.74, 6) is 0. The predicted molar refractivity (Wildman–Crippen MR) is 48.8 cm³/mol. The summed E-state index contributed by atoms with van der Waals surface area (Å²) in [6.45, 7) is 9.58. The van der Waals surface area contributed by atoms with Crippen molar-refractivity contribution in [2.75, 3.05) is 33.2 Å². The Labute approximate surface area is 70.2 Å². The first kappa shape index (κ1) is 9.01. The number of hydrogen-bond acceptors (Lipinski definition) is 2. The topological polar surface area (TPSA) is 6.48 Å². The molecule has 0 saturated carbocycles. The van der Waals surface area contributed by atoms with E-state index >= 15 is 0 Å². The monoisotopic (exact) mass is 156 g/mol. The third-order valence-corrected chi connectivity index (χ3v) is 2.75. The zero-order valence-electron chi connectivity index (χ0n) is 8.01. The van der Waals surface area contributed by atoms with Crippen molar-refractivity contribution in [3.05, 3.63) is 0 Å². The van der Waals surface area contributed by atoms with Crippen LogP contribution in [-0.2, 0) is 0 Å². The van der Waals surface area contributed by atoms with E-state index in [-0.39, 0.29) is 0 Å². The van der Waals surface area contributed by atoms with Gasteiger partial charge in [-0.05, 0) is 20.4 Å². The molecule has 66 valence electrons. The van der Waals surface area contributed by atoms with Crippen LogP contribution in [0.2, 0.25) is 0 Å². The van der Waals surface area contributed by atoms with E-state index in [1.807, 2.05) is 0 Å². The average molecular weight is 156 g/mol. The molecule has 0 spiro atoms. The molecular formula is C9H20N2. The average Bonchev–Trinajstić information content (AvgIpc) is 2.05. The molecule has 0 unspecified atom stereocenters. The highest BCUT2D eigenvalue weighted by atomic mass is 15.3. The van der Waals surface area contributed by atoms with Crippen LogP contribution in [0.5, 0.6) is 0 Å². The summed E-state index contributed by atoms with van der Waals surface area (Å²) in [5.41, 5.74) is 0. The maximum absolute atomic E-state index is 2.58. The SMILES string of the molecule is CC[C@@H](C)N1CCN(C)CC1. The number of likely N-dealkylation sites (N-methyl/N-ethyl adjacent to an activating group) is 1. The zero-order valence-corrected chi connectivity index (χ0v) is 8.01. The molecule has 1 fully saturated rings. The quantitative estimate of drug-likeness (QED) is 0.589. The summed E-state index contributed by atoms with van der Waals surface area (Å²) < 4.78 is 0. The van der Waals surface area contributed by atoms with Gasteiger partial charge in [0.1, 0.15) is 0 Å². The highest BCUT2D eigenvalue weighted by molar-refractivity contribution is 4.73. The second-order valence-corrected chi connectivity index (χ2v) is 3.60. The Kier molecular flexibility index (Phi) is 3.34. The minimum Gasteiger partial charge on any atom is -0.304 e. The Morgan fingerprint density at radius 3 is 2.18 bits per heavy atom. The van der Waals surface area contributed by atoms with Gasteiger partial charge < -0.3 is 4.90 Å². The van der Waals surface area contributed by atoms with Crippen molar-refractivity contribution in [1.82, 2.24) is 9.80 Å². The Bertz CT molecular complexity index is 106. The number of nitrogens with zero attached hydrogens (tertiary/aromatic N) is 2. The van der Waals surface area contributed by atoms with Gasteiger partial charge in [0.05, 0.1) is 0 Å². The molecule has 0 bridgehead atoms. The van der Waals surface area contributed by atoms with Gasteiger partial charge in [0, 0.05) is 32.2 Å². The molecule has 1 aliphatic rings. The van der Waals surface area contributed by atoms with Gasteiger partial charge in [-0.2, -0.15) is 0 Å². The summed E-state index contributed by atoms with van der Waals surface area (Å²) >= 11 is 0. The van der Waals surface area contributed by atoms with Crippen molar-refractivity contribution in [1.29, 1.82) is 0 Å². The van der Waals surface area contributed by atoms with Crippen molar-refractivity contribution in [2.24, 2.45) is 0 Å². The molecule has 1 saturated heterocycles. The van der Waals surface area contributed by atoms with Gasteiger partial charge in [0.15, 0.2) is 0 Å². The van der Waals surface area contributed by atoms with E-state index in [0.717, 1.165) is 6.04 Å². The molecule has 11 heavy (non-hydrogen) atoms. The summed E-state index contributed by atoms with van der Waals surface area (Å²) in [6.07, 6.45) is 1.28. The summed E-state index contributed by atoms with van der Waals surface area (Å²) in [6, 6.07) is 0.781. The molecule has 0 radical (unpaired) electrons. The molecule has 0 amide bonds. The molecule has 0 N–H and O–H groups in total. The number of hydrogen-bond donors (Lipinski definition) is 0. The van der Waals surface area contributed by atoms with Gasteiger partial charge in [-0.3, -0.25) is 4.90 Å². The molecule has 0 aliphatic carbocycles. The number of piperazine rings is 1. The van der Waals surface area contributed by atoms with E-state index in [1.54, 1.807) is 0 Å². The molecule has 1 aliphatic heterocycles. The molecular weight excluding hydrogens is 136 g/mol. The lowest BCUT2D eigenvalue weighted by molar-refractivity contribution is 0.117. The molecule has 0 aromatic rings. The van der Waals surface area contributed by atoms with Gasteiger partial charge >= 0.3 is 0 Å². The van der Waals surface area contributed by atoms with Crippen molar-refractivity contribution >= 4 is 0 Å². The minimum atomic E-state index is 0.781. The summed E-state index contributed by atoms with van der Waals surface area (Å²) in [5, 5.41) is 0. The zero-order chi connectivity index (χ0) is 8.27. The Hall–Kier alpha value is -0.0800. The first-order chi connectivity index (χ1) is 5.24. The second-order valence-electron chi connectivity index (χ2n) is 3.60. The van der Waals surface area contributed by atoms with Crippen LogP contribution in [0.25, 0.3) is 0 Å². The van der Waals surface area contributed by atoms with Gasteiger partial charge in [0.2, 0.25) is 0 Å². The first-order valence-corrected chi connectivity index (χ1v) is 4.66. The van der Waals surface area contributed by atoms with E-state index in [9.17, 15) is 0 Å². The predicted octanol–water partition coefficient (Wildman–Crippen LogP) is 1.03. The van der Waals surface area contributed by atoms with E-state index in [1.165, 1.54) is 32.6 Å². The van der Waals surface area contributed by atoms with Crippen LogP contribution >= 0.6 is 0 Å². The van der Waals surface area contributed by atoms with E-state index in [2.05, 4.69) is 30.7 Å². The maximum Gasteiger partial charge on any atom is 0.0113 e. The fourth-order valence-corrected chi connectivity index (χ4v) is 1.52. The molecule has 1 atom stereocenters. The molecule has 0 aromatic heterocycles. The van der Waals surface area contributed by atoms with Gasteiger partial charge in [-0.25, -0.2) is 0 Å². The lowest BCUT2D eigenvalue weighted by Gasteiger charge is -2.36. The largest absolute Gasteiger partial charge is 0.304 e. The Morgan fingerprint density at radius 1 is 1.18 bits per heavy atom. The molecule has 2 heteroatoms. The van der Waals surface area contributed by atoms with Crippen LogP contribution in [0.1, 0.15) is 20.3 Å². The normalized spacial score (nSPS) is 25.4. The first-order valence-electron chi connectivity index (χ1n) is 4.66. The third kappa shape index (κ3) is 2.46. The van der Waals surface area contributed by atoms with Crippen molar-refractivity contribution < 1.29 is 0 Å². The Balaban J connectivity index is 2.27. The van der Waals surface area contributed by atoms with Crippen molar-refractivity contribution in [2.45, 2.75) is 26.3 Å². The van der Waals surface area contributed by atoms with Crippen LogP contribution in [-0.4, -0.2) is 49.1 Å². The maximum atomic E-state index is 2.58. The molecule has 1 heterocycles. The minimum absolute atomic E-state index is 0.781. The standard InChI is InChI=1S/C9H20N2/c1-4-9(2)11-7-5-10(3)6-8-11/h9H,4-8H2,1-3H3/t9-/m1/s1. The van der Waals surface area contributed by atoms with E-state index in [0.29, 0.717) is 0 Å². The number of rotatable bonds is 2. The summed E-state index contributed by atoms with van der Waals surface area (Å²) in [7, 11) is 2.20. The van der Waals surface area contributed by atoms with Crippen molar-refractivity contribution in [3.8, 4) is 0 Å². The highest BCUT2D eigenvalue weighted by Gasteiger charge is 2.16.